The number of carbonyl (C=O) groups is 1. The lowest BCUT2D eigenvalue weighted by atomic mass is 10.0. The lowest BCUT2D eigenvalue weighted by Gasteiger charge is -2.33. The normalized spacial score (nSPS) is 19.4. The Kier molecular flexibility index (Phi) is 4.02. The summed E-state index contributed by atoms with van der Waals surface area (Å²) in [6, 6.07) is 2.31. The van der Waals surface area contributed by atoms with Gasteiger partial charge in [-0.3, -0.25) is 4.79 Å². The number of nitrogens with zero attached hydrogens (tertiary/aromatic N) is 1. The highest BCUT2D eigenvalue weighted by Gasteiger charge is 2.25. The fraction of sp³-hybridized carbons (Fsp3) is 0.500. The van der Waals surface area contributed by atoms with Crippen molar-refractivity contribution in [3.63, 3.8) is 0 Å². The van der Waals surface area contributed by atoms with Crippen LogP contribution in [-0.4, -0.2) is 30.4 Å². The predicted octanol–water partition coefficient (Wildman–Crippen LogP) is 3.02. The van der Waals surface area contributed by atoms with E-state index in [2.05, 4.69) is 5.32 Å². The number of rotatable bonds is 2. The van der Waals surface area contributed by atoms with Gasteiger partial charge in [0.2, 0.25) is 0 Å². The highest BCUT2D eigenvalue weighted by molar-refractivity contribution is 5.95. The Bertz CT molecular complexity index is 467. The average Bonchev–Trinajstić information content (AvgIpc) is 2.38. The first-order valence-corrected chi connectivity index (χ1v) is 6.52. The zero-order valence-corrected chi connectivity index (χ0v) is 11.2. The largest absolute Gasteiger partial charge is 0.383 e. The molecule has 1 saturated heterocycles. The van der Waals surface area contributed by atoms with Crippen LogP contribution in [0.3, 0.4) is 0 Å². The van der Waals surface area contributed by atoms with Crippen LogP contribution in [0, 0.1) is 11.6 Å². The number of amides is 1. The van der Waals surface area contributed by atoms with Crippen molar-refractivity contribution in [3.8, 4) is 0 Å². The molecule has 0 bridgehead atoms. The number of carbonyl (C=O) groups excluding carboxylic acids is 1. The van der Waals surface area contributed by atoms with E-state index in [1.54, 1.807) is 4.90 Å². The van der Waals surface area contributed by atoms with E-state index in [-0.39, 0.29) is 23.2 Å². The number of nitrogens with one attached hydrogen (secondary N) is 1. The molecule has 1 aliphatic heterocycles. The van der Waals surface area contributed by atoms with E-state index in [0.717, 1.165) is 31.4 Å². The molecule has 1 aromatic carbocycles. The van der Waals surface area contributed by atoms with Gasteiger partial charge in [-0.05, 0) is 38.3 Å². The van der Waals surface area contributed by atoms with E-state index in [1.165, 1.54) is 7.05 Å². The number of benzene rings is 1. The second-order valence-electron chi connectivity index (χ2n) is 4.91. The van der Waals surface area contributed by atoms with Crippen molar-refractivity contribution in [2.24, 2.45) is 0 Å². The van der Waals surface area contributed by atoms with Crippen LogP contribution in [0.4, 0.5) is 14.5 Å². The van der Waals surface area contributed by atoms with Crippen molar-refractivity contribution >= 4 is 11.6 Å². The van der Waals surface area contributed by atoms with E-state index < -0.39 is 11.6 Å². The van der Waals surface area contributed by atoms with Crippen molar-refractivity contribution in [1.82, 2.24) is 4.90 Å². The van der Waals surface area contributed by atoms with Crippen molar-refractivity contribution in [1.29, 1.82) is 0 Å². The standard InChI is InChI=1S/C14H18F2N2O/c1-9-5-3-4-6-18(9)14(19)10-7-11(15)13(17-2)12(16)8-10/h7-9,17H,3-6H2,1-2H3. The first-order valence-electron chi connectivity index (χ1n) is 6.52. The Balaban J connectivity index is 2.28. The molecule has 0 saturated carbocycles. The zero-order valence-electron chi connectivity index (χ0n) is 11.2. The molecule has 0 spiro atoms. The van der Waals surface area contributed by atoms with Crippen LogP contribution < -0.4 is 5.32 Å². The summed E-state index contributed by atoms with van der Waals surface area (Å²) in [4.78, 5) is 14.0. The maximum atomic E-state index is 13.7. The maximum absolute atomic E-state index is 13.7. The Morgan fingerprint density at radius 1 is 1.32 bits per heavy atom. The van der Waals surface area contributed by atoms with Gasteiger partial charge in [0.15, 0.2) is 0 Å². The summed E-state index contributed by atoms with van der Waals surface area (Å²) >= 11 is 0. The van der Waals surface area contributed by atoms with Gasteiger partial charge in [0, 0.05) is 25.2 Å². The molecular weight excluding hydrogens is 250 g/mol. The van der Waals surface area contributed by atoms with Crippen molar-refractivity contribution < 1.29 is 13.6 Å². The fourth-order valence-electron chi connectivity index (χ4n) is 2.50. The summed E-state index contributed by atoms with van der Waals surface area (Å²) in [5.74, 6) is -1.78. The van der Waals surface area contributed by atoms with Crippen LogP contribution in [0.2, 0.25) is 0 Å². The van der Waals surface area contributed by atoms with Gasteiger partial charge in [0.05, 0.1) is 0 Å². The third-order valence-electron chi connectivity index (χ3n) is 3.60. The SMILES string of the molecule is CNc1c(F)cc(C(=O)N2CCCCC2C)cc1F. The zero-order chi connectivity index (χ0) is 14.0. The highest BCUT2D eigenvalue weighted by Crippen LogP contribution is 2.24. The Morgan fingerprint density at radius 3 is 2.47 bits per heavy atom. The molecule has 1 unspecified atom stereocenters. The van der Waals surface area contributed by atoms with Gasteiger partial charge in [-0.1, -0.05) is 0 Å². The van der Waals surface area contributed by atoms with Crippen molar-refractivity contribution in [2.45, 2.75) is 32.2 Å². The van der Waals surface area contributed by atoms with Crippen LogP contribution in [0.1, 0.15) is 36.5 Å². The molecule has 5 heteroatoms. The van der Waals surface area contributed by atoms with Crippen molar-refractivity contribution in [2.75, 3.05) is 18.9 Å². The predicted molar refractivity (Wildman–Crippen MR) is 70.3 cm³/mol. The average molecular weight is 268 g/mol. The van der Waals surface area contributed by atoms with Gasteiger partial charge >= 0.3 is 0 Å². The summed E-state index contributed by atoms with van der Waals surface area (Å²) in [6.07, 6.45) is 2.97. The van der Waals surface area contributed by atoms with Gasteiger partial charge < -0.3 is 10.2 Å². The van der Waals surface area contributed by atoms with Gasteiger partial charge in [-0.15, -0.1) is 0 Å². The molecule has 104 valence electrons. The number of likely N-dealkylation sites (tertiary alicyclic amines) is 1. The number of halogens is 2. The van der Waals surface area contributed by atoms with Crippen LogP contribution in [0.25, 0.3) is 0 Å². The molecular formula is C14H18F2N2O. The highest BCUT2D eigenvalue weighted by atomic mass is 19.1. The number of anilines is 1. The van der Waals surface area contributed by atoms with Gasteiger partial charge in [-0.2, -0.15) is 0 Å². The monoisotopic (exact) mass is 268 g/mol. The lowest BCUT2D eigenvalue weighted by molar-refractivity contribution is 0.0634. The fourth-order valence-corrected chi connectivity index (χ4v) is 2.50. The lowest BCUT2D eigenvalue weighted by Crippen LogP contribution is -2.42. The molecule has 3 nitrogen and oxygen atoms in total. The first kappa shape index (κ1) is 13.8. The number of hydrogen-bond donors (Lipinski definition) is 1. The molecule has 19 heavy (non-hydrogen) atoms. The van der Waals surface area contributed by atoms with Crippen LogP contribution in [-0.2, 0) is 0 Å². The van der Waals surface area contributed by atoms with Crippen LogP contribution in [0.5, 0.6) is 0 Å². The molecule has 1 aliphatic rings. The van der Waals surface area contributed by atoms with E-state index in [4.69, 9.17) is 0 Å². The van der Waals surface area contributed by atoms with Gasteiger partial charge in [0.1, 0.15) is 17.3 Å². The van der Waals surface area contributed by atoms with Crippen LogP contribution in [0.15, 0.2) is 12.1 Å². The minimum absolute atomic E-state index is 0.0720. The van der Waals surface area contributed by atoms with Crippen LogP contribution >= 0.6 is 0 Å². The van der Waals surface area contributed by atoms with E-state index in [0.29, 0.717) is 6.54 Å². The van der Waals surface area contributed by atoms with Gasteiger partial charge in [0.25, 0.3) is 5.91 Å². The smallest absolute Gasteiger partial charge is 0.254 e. The summed E-state index contributed by atoms with van der Waals surface area (Å²) in [5.41, 5.74) is -0.133. The second-order valence-corrected chi connectivity index (χ2v) is 4.91. The first-order chi connectivity index (χ1) is 9.04. The molecule has 2 rings (SSSR count). The third-order valence-corrected chi connectivity index (χ3v) is 3.60. The Morgan fingerprint density at radius 2 is 1.95 bits per heavy atom. The molecule has 0 aromatic heterocycles. The third kappa shape index (κ3) is 2.69. The molecule has 0 aliphatic carbocycles. The molecule has 1 amide bonds. The molecule has 1 N–H and O–H groups in total. The molecule has 1 aromatic rings. The van der Waals surface area contributed by atoms with Crippen molar-refractivity contribution in [3.05, 3.63) is 29.3 Å². The number of piperidine rings is 1. The van der Waals surface area contributed by atoms with E-state index in [9.17, 15) is 13.6 Å². The summed E-state index contributed by atoms with van der Waals surface area (Å²) in [5, 5.41) is 2.44. The summed E-state index contributed by atoms with van der Waals surface area (Å²) in [6.45, 7) is 2.61. The maximum Gasteiger partial charge on any atom is 0.254 e. The molecule has 1 fully saturated rings. The Hall–Kier alpha value is -1.65. The quantitative estimate of drug-likeness (QED) is 0.894. The number of hydrogen-bond acceptors (Lipinski definition) is 2. The second kappa shape index (κ2) is 5.55. The minimum atomic E-state index is -0.740. The molecule has 1 heterocycles. The van der Waals surface area contributed by atoms with E-state index >= 15 is 0 Å². The molecule has 0 radical (unpaired) electrons. The summed E-state index contributed by atoms with van der Waals surface area (Å²) in [7, 11) is 1.44. The minimum Gasteiger partial charge on any atom is -0.383 e. The van der Waals surface area contributed by atoms with E-state index in [1.807, 2.05) is 6.92 Å². The molecule has 1 atom stereocenters. The summed E-state index contributed by atoms with van der Waals surface area (Å²) < 4.78 is 27.3. The topological polar surface area (TPSA) is 32.3 Å². The Labute approximate surface area is 111 Å². The van der Waals surface area contributed by atoms with Gasteiger partial charge in [-0.25, -0.2) is 8.78 Å².